The van der Waals surface area contributed by atoms with Crippen molar-refractivity contribution < 1.29 is 18.9 Å². The summed E-state index contributed by atoms with van der Waals surface area (Å²) in [6.45, 7) is 3.76. The van der Waals surface area contributed by atoms with Gasteiger partial charge in [0.05, 0.1) is 32.0 Å². The molecule has 0 bridgehead atoms. The summed E-state index contributed by atoms with van der Waals surface area (Å²) in [6, 6.07) is 7.85. The van der Waals surface area contributed by atoms with E-state index in [1.165, 1.54) is 0 Å². The summed E-state index contributed by atoms with van der Waals surface area (Å²) in [7, 11) is 1.66. The van der Waals surface area contributed by atoms with Gasteiger partial charge in [0.1, 0.15) is 11.9 Å². The summed E-state index contributed by atoms with van der Waals surface area (Å²) < 4.78 is 22.9. The third-order valence-corrected chi connectivity index (χ3v) is 4.85. The second-order valence-electron chi connectivity index (χ2n) is 5.85. The van der Waals surface area contributed by atoms with Crippen LogP contribution < -0.4 is 4.74 Å². The Morgan fingerprint density at radius 1 is 1.22 bits per heavy atom. The van der Waals surface area contributed by atoms with Crippen LogP contribution in [0.1, 0.15) is 31.7 Å². The van der Waals surface area contributed by atoms with Crippen molar-refractivity contribution in [2.75, 3.05) is 20.3 Å². The van der Waals surface area contributed by atoms with E-state index in [4.69, 9.17) is 30.5 Å². The van der Waals surface area contributed by atoms with E-state index in [-0.39, 0.29) is 6.10 Å². The lowest BCUT2D eigenvalue weighted by Crippen LogP contribution is -2.55. The van der Waals surface area contributed by atoms with Crippen LogP contribution in [-0.4, -0.2) is 32.2 Å². The lowest BCUT2D eigenvalue weighted by Gasteiger charge is -2.45. The highest BCUT2D eigenvalue weighted by Gasteiger charge is 2.58. The number of unbranched alkanes of at least 4 members (excludes halogenated alkanes) is 1. The van der Waals surface area contributed by atoms with Crippen molar-refractivity contribution >= 4 is 11.6 Å². The van der Waals surface area contributed by atoms with Crippen LogP contribution >= 0.6 is 11.6 Å². The highest BCUT2D eigenvalue weighted by molar-refractivity contribution is 6.32. The normalized spacial score (nSPS) is 22.5. The Morgan fingerprint density at radius 3 is 2.52 bits per heavy atom. The highest BCUT2D eigenvalue weighted by Crippen LogP contribution is 2.51. The molecule has 0 N–H and O–H groups in total. The molecule has 1 heterocycles. The Hall–Kier alpha value is -1.07. The van der Waals surface area contributed by atoms with E-state index in [1.807, 2.05) is 24.3 Å². The molecule has 1 aromatic carbocycles. The molecule has 1 unspecified atom stereocenters. The lowest BCUT2D eigenvalue weighted by atomic mass is 9.83. The van der Waals surface area contributed by atoms with Gasteiger partial charge in [0.2, 0.25) is 5.79 Å². The molecule has 0 aromatic heterocycles. The van der Waals surface area contributed by atoms with Gasteiger partial charge >= 0.3 is 0 Å². The van der Waals surface area contributed by atoms with Crippen LogP contribution in [0.5, 0.6) is 5.75 Å². The molecule has 23 heavy (non-hydrogen) atoms. The number of methoxy groups -OCH3 is 1. The fourth-order valence-corrected chi connectivity index (χ4v) is 3.43. The van der Waals surface area contributed by atoms with E-state index in [9.17, 15) is 0 Å². The molecule has 1 aromatic rings. The summed E-state index contributed by atoms with van der Waals surface area (Å²) in [6.07, 6.45) is 2.92. The molecular weight excluding hydrogens is 316 g/mol. The van der Waals surface area contributed by atoms with Crippen LogP contribution in [0.15, 0.2) is 34.9 Å². The summed E-state index contributed by atoms with van der Waals surface area (Å²) in [4.78, 5) is 0. The van der Waals surface area contributed by atoms with Crippen LogP contribution in [0.3, 0.4) is 0 Å². The molecule has 1 fully saturated rings. The number of halogens is 1. The maximum Gasteiger partial charge on any atom is 0.237 e. The van der Waals surface area contributed by atoms with Crippen molar-refractivity contribution in [1.82, 2.24) is 0 Å². The molecule has 0 radical (unpaired) electrons. The van der Waals surface area contributed by atoms with Gasteiger partial charge < -0.3 is 18.9 Å². The first-order chi connectivity index (χ1) is 11.2. The average Bonchev–Trinajstić information content (AvgIpc) is 3.10. The number of hydrogen-bond donors (Lipinski definition) is 0. The zero-order valence-corrected chi connectivity index (χ0v) is 14.4. The Morgan fingerprint density at radius 2 is 1.91 bits per heavy atom. The number of hydrogen-bond acceptors (Lipinski definition) is 4. The fraction of sp³-hybridized carbons (Fsp3) is 0.556. The highest BCUT2D eigenvalue weighted by atomic mass is 35.5. The average molecular weight is 339 g/mol. The number of benzene rings is 1. The van der Waals surface area contributed by atoms with Crippen LogP contribution in [-0.2, 0) is 20.8 Å². The molecule has 2 aliphatic rings. The molecule has 126 valence electrons. The molecule has 1 spiro atoms. The predicted molar refractivity (Wildman–Crippen MR) is 88.6 cm³/mol. The minimum absolute atomic E-state index is 0.217. The molecule has 1 aliphatic heterocycles. The topological polar surface area (TPSA) is 36.9 Å². The van der Waals surface area contributed by atoms with Crippen molar-refractivity contribution in [1.29, 1.82) is 0 Å². The first kappa shape index (κ1) is 16.8. The van der Waals surface area contributed by atoms with Crippen LogP contribution in [0.25, 0.3) is 0 Å². The standard InChI is InChI=1S/C18H23ClO4/c1-3-4-5-15-16(19)18(22-10-11-23-18)17(15)21-12-13-6-8-14(20-2)9-7-13/h6-9,17H,3-5,10-12H2,1-2H3. The van der Waals surface area contributed by atoms with Crippen molar-refractivity contribution in [2.45, 2.75) is 44.7 Å². The van der Waals surface area contributed by atoms with E-state index in [1.54, 1.807) is 7.11 Å². The lowest BCUT2D eigenvalue weighted by molar-refractivity contribution is -0.216. The smallest absolute Gasteiger partial charge is 0.237 e. The Labute approximate surface area is 142 Å². The predicted octanol–water partition coefficient (Wildman–Crippen LogP) is 4.02. The van der Waals surface area contributed by atoms with Gasteiger partial charge in [-0.15, -0.1) is 0 Å². The largest absolute Gasteiger partial charge is 0.497 e. The minimum Gasteiger partial charge on any atom is -0.497 e. The first-order valence-corrected chi connectivity index (χ1v) is 8.50. The third kappa shape index (κ3) is 3.13. The van der Waals surface area contributed by atoms with E-state index < -0.39 is 5.79 Å². The van der Waals surface area contributed by atoms with E-state index in [0.717, 1.165) is 36.1 Å². The Kier molecular flexibility index (Phi) is 5.27. The second-order valence-corrected chi connectivity index (χ2v) is 6.22. The summed E-state index contributed by atoms with van der Waals surface area (Å²) >= 11 is 6.46. The first-order valence-electron chi connectivity index (χ1n) is 8.12. The van der Waals surface area contributed by atoms with Gasteiger partial charge in [-0.1, -0.05) is 37.1 Å². The SMILES string of the molecule is CCCCC1=C(Cl)C2(OCCO2)C1OCc1ccc(OC)cc1. The number of ether oxygens (including phenoxy) is 4. The van der Waals surface area contributed by atoms with Crippen LogP contribution in [0, 0.1) is 0 Å². The zero-order valence-electron chi connectivity index (χ0n) is 13.6. The van der Waals surface area contributed by atoms with Crippen LogP contribution in [0.2, 0.25) is 0 Å². The van der Waals surface area contributed by atoms with Crippen LogP contribution in [0.4, 0.5) is 0 Å². The van der Waals surface area contributed by atoms with Gasteiger partial charge in [-0.3, -0.25) is 0 Å². The fourth-order valence-electron chi connectivity index (χ4n) is 3.03. The summed E-state index contributed by atoms with van der Waals surface area (Å²) in [5.41, 5.74) is 2.20. The van der Waals surface area contributed by atoms with Gasteiger partial charge in [-0.2, -0.15) is 0 Å². The Bertz CT molecular complexity index is 561. The second kappa shape index (κ2) is 7.22. The molecule has 1 atom stereocenters. The number of rotatable bonds is 7. The molecule has 4 nitrogen and oxygen atoms in total. The van der Waals surface area contributed by atoms with Gasteiger partial charge in [0.25, 0.3) is 0 Å². The molecule has 5 heteroatoms. The zero-order chi connectivity index (χ0) is 16.3. The maximum atomic E-state index is 6.46. The van der Waals surface area contributed by atoms with Gasteiger partial charge in [0, 0.05) is 0 Å². The summed E-state index contributed by atoms with van der Waals surface area (Å²) in [5.74, 6) is -0.0280. The van der Waals surface area contributed by atoms with E-state index >= 15 is 0 Å². The van der Waals surface area contributed by atoms with E-state index in [0.29, 0.717) is 24.9 Å². The molecule has 1 aliphatic carbocycles. The van der Waals surface area contributed by atoms with Gasteiger partial charge in [0.15, 0.2) is 0 Å². The molecule has 3 rings (SSSR count). The van der Waals surface area contributed by atoms with Gasteiger partial charge in [-0.25, -0.2) is 0 Å². The Balaban J connectivity index is 1.68. The molecule has 0 amide bonds. The van der Waals surface area contributed by atoms with Crippen molar-refractivity contribution in [3.8, 4) is 5.75 Å². The minimum atomic E-state index is -0.864. The van der Waals surface area contributed by atoms with E-state index in [2.05, 4.69) is 6.92 Å². The molecule has 1 saturated heterocycles. The molecule has 0 saturated carbocycles. The summed E-state index contributed by atoms with van der Waals surface area (Å²) in [5, 5.41) is 0.684. The molecular formula is C18H23ClO4. The van der Waals surface area contributed by atoms with Crippen molar-refractivity contribution in [3.63, 3.8) is 0 Å². The van der Waals surface area contributed by atoms with Crippen molar-refractivity contribution in [2.24, 2.45) is 0 Å². The monoisotopic (exact) mass is 338 g/mol. The maximum absolute atomic E-state index is 6.46. The third-order valence-electron chi connectivity index (χ3n) is 4.34. The van der Waals surface area contributed by atoms with Crippen molar-refractivity contribution in [3.05, 3.63) is 40.4 Å². The quantitative estimate of drug-likeness (QED) is 0.752. The van der Waals surface area contributed by atoms with Gasteiger partial charge in [-0.05, 0) is 36.1 Å².